The number of sulfonamides is 1. The molecule has 0 unspecified atom stereocenters. The molecule has 0 aromatic heterocycles. The van der Waals surface area contributed by atoms with E-state index < -0.39 is 57.0 Å². The summed E-state index contributed by atoms with van der Waals surface area (Å²) in [6.07, 6.45) is 0. The lowest BCUT2D eigenvalue weighted by Gasteiger charge is -2.24. The van der Waals surface area contributed by atoms with Gasteiger partial charge < -0.3 is 5.11 Å². The number of anilines is 1. The average molecular weight is 349 g/mol. The lowest BCUT2D eigenvalue weighted by molar-refractivity contribution is 0.306. The Bertz CT molecular complexity index is 827. The molecular weight excluding hydrogens is 338 g/mol. The SMILES string of the molecule is O=S(=O)(c1ccc(F)c(F)c1)N(CCO)c1ccc(F)cc1F. The summed E-state index contributed by atoms with van der Waals surface area (Å²) in [4.78, 5) is -0.631. The molecule has 0 heterocycles. The third-order valence-electron chi connectivity index (χ3n) is 2.96. The molecule has 0 spiro atoms. The fraction of sp³-hybridized carbons (Fsp3) is 0.143. The first-order chi connectivity index (χ1) is 10.8. The molecule has 4 nitrogen and oxygen atoms in total. The van der Waals surface area contributed by atoms with Crippen LogP contribution in [0.15, 0.2) is 41.3 Å². The molecule has 23 heavy (non-hydrogen) atoms. The number of hydrogen-bond acceptors (Lipinski definition) is 3. The minimum Gasteiger partial charge on any atom is -0.394 e. The van der Waals surface area contributed by atoms with Crippen molar-refractivity contribution in [1.29, 1.82) is 0 Å². The Morgan fingerprint density at radius 3 is 2.17 bits per heavy atom. The van der Waals surface area contributed by atoms with Crippen molar-refractivity contribution in [3.05, 3.63) is 59.7 Å². The highest BCUT2D eigenvalue weighted by atomic mass is 32.2. The third kappa shape index (κ3) is 3.45. The lowest BCUT2D eigenvalue weighted by Crippen LogP contribution is -2.34. The second kappa shape index (κ2) is 6.55. The minimum atomic E-state index is -4.49. The Kier molecular flexibility index (Phi) is 4.90. The predicted molar refractivity (Wildman–Crippen MR) is 74.3 cm³/mol. The largest absolute Gasteiger partial charge is 0.394 e. The highest BCUT2D eigenvalue weighted by Crippen LogP contribution is 2.27. The van der Waals surface area contributed by atoms with Crippen molar-refractivity contribution in [2.45, 2.75) is 4.90 Å². The third-order valence-corrected chi connectivity index (χ3v) is 4.77. The maximum Gasteiger partial charge on any atom is 0.264 e. The first-order valence-electron chi connectivity index (χ1n) is 6.31. The van der Waals surface area contributed by atoms with Gasteiger partial charge in [-0.05, 0) is 30.3 Å². The summed E-state index contributed by atoms with van der Waals surface area (Å²) in [5.41, 5.74) is -0.523. The van der Waals surface area contributed by atoms with Crippen molar-refractivity contribution in [2.24, 2.45) is 0 Å². The molecule has 0 saturated heterocycles. The molecule has 2 rings (SSSR count). The van der Waals surface area contributed by atoms with Gasteiger partial charge in [0, 0.05) is 6.07 Å². The molecule has 0 radical (unpaired) electrons. The second-order valence-electron chi connectivity index (χ2n) is 4.47. The molecule has 0 fully saturated rings. The van der Waals surface area contributed by atoms with Crippen LogP contribution in [0.1, 0.15) is 0 Å². The molecule has 9 heteroatoms. The summed E-state index contributed by atoms with van der Waals surface area (Å²) < 4.78 is 78.5. The number of nitrogens with zero attached hydrogens (tertiary/aromatic N) is 1. The number of halogens is 4. The van der Waals surface area contributed by atoms with E-state index in [-0.39, 0.29) is 0 Å². The maximum absolute atomic E-state index is 13.9. The zero-order chi connectivity index (χ0) is 17.2. The molecule has 124 valence electrons. The summed E-state index contributed by atoms with van der Waals surface area (Å²) in [5, 5.41) is 9.02. The number of hydrogen-bond donors (Lipinski definition) is 1. The summed E-state index contributed by atoms with van der Waals surface area (Å²) in [7, 11) is -4.49. The van der Waals surface area contributed by atoms with E-state index in [9.17, 15) is 26.0 Å². The van der Waals surface area contributed by atoms with Gasteiger partial charge in [0.15, 0.2) is 11.6 Å². The number of rotatable bonds is 5. The molecule has 0 amide bonds. The van der Waals surface area contributed by atoms with Crippen molar-refractivity contribution in [3.8, 4) is 0 Å². The summed E-state index contributed by atoms with van der Waals surface area (Å²) >= 11 is 0. The van der Waals surface area contributed by atoms with Crippen LogP contribution in [0, 0.1) is 23.3 Å². The van der Waals surface area contributed by atoms with E-state index >= 15 is 0 Å². The van der Waals surface area contributed by atoms with Crippen molar-refractivity contribution in [1.82, 2.24) is 0 Å². The van der Waals surface area contributed by atoms with Crippen molar-refractivity contribution in [2.75, 3.05) is 17.5 Å². The van der Waals surface area contributed by atoms with E-state index in [1.54, 1.807) is 0 Å². The van der Waals surface area contributed by atoms with Crippen molar-refractivity contribution in [3.63, 3.8) is 0 Å². The van der Waals surface area contributed by atoms with Gasteiger partial charge in [-0.25, -0.2) is 26.0 Å². The Morgan fingerprint density at radius 1 is 0.913 bits per heavy atom. The van der Waals surface area contributed by atoms with Crippen LogP contribution in [0.4, 0.5) is 23.2 Å². The molecule has 0 aliphatic heterocycles. The van der Waals surface area contributed by atoms with Gasteiger partial charge in [-0.2, -0.15) is 0 Å². The minimum absolute atomic E-state index is 0.441. The molecule has 2 aromatic rings. The fourth-order valence-corrected chi connectivity index (χ4v) is 3.38. The standard InChI is InChI=1S/C14H11F4NO3S/c15-9-1-4-14(13(18)7-9)19(5-6-20)23(21,22)10-2-3-11(16)12(17)8-10/h1-4,7-8,20H,5-6H2. The van der Waals surface area contributed by atoms with Crippen LogP contribution in [0.5, 0.6) is 0 Å². The van der Waals surface area contributed by atoms with Gasteiger partial charge in [0.1, 0.15) is 11.6 Å². The highest BCUT2D eigenvalue weighted by molar-refractivity contribution is 7.92. The van der Waals surface area contributed by atoms with Gasteiger partial charge in [0.05, 0.1) is 23.7 Å². The van der Waals surface area contributed by atoms with Crippen LogP contribution in [0.2, 0.25) is 0 Å². The van der Waals surface area contributed by atoms with Crippen LogP contribution in [0.25, 0.3) is 0 Å². The quantitative estimate of drug-likeness (QED) is 0.844. The Balaban J connectivity index is 2.56. The van der Waals surface area contributed by atoms with Crippen LogP contribution in [-0.2, 0) is 10.0 Å². The van der Waals surface area contributed by atoms with E-state index in [0.29, 0.717) is 22.5 Å². The zero-order valence-corrected chi connectivity index (χ0v) is 12.3. The van der Waals surface area contributed by atoms with Gasteiger partial charge in [-0.15, -0.1) is 0 Å². The van der Waals surface area contributed by atoms with Crippen LogP contribution in [0.3, 0.4) is 0 Å². The first kappa shape index (κ1) is 17.2. The van der Waals surface area contributed by atoms with E-state index in [4.69, 9.17) is 5.11 Å². The molecule has 2 aromatic carbocycles. The van der Waals surface area contributed by atoms with Gasteiger partial charge in [0.2, 0.25) is 0 Å². The second-order valence-corrected chi connectivity index (χ2v) is 6.33. The molecular formula is C14H11F4NO3S. The molecule has 0 aliphatic rings. The summed E-state index contributed by atoms with van der Waals surface area (Å²) in [6, 6.07) is 4.04. The van der Waals surface area contributed by atoms with E-state index in [1.807, 2.05) is 0 Å². The normalized spacial score (nSPS) is 11.5. The first-order valence-corrected chi connectivity index (χ1v) is 7.75. The Hall–Kier alpha value is -2.13. The Morgan fingerprint density at radius 2 is 1.61 bits per heavy atom. The van der Waals surface area contributed by atoms with Gasteiger partial charge in [-0.3, -0.25) is 4.31 Å². The summed E-state index contributed by atoms with van der Waals surface area (Å²) in [5.74, 6) is -4.73. The van der Waals surface area contributed by atoms with Gasteiger partial charge in [0.25, 0.3) is 10.0 Å². The number of benzene rings is 2. The Labute approximate surface area is 129 Å². The lowest BCUT2D eigenvalue weighted by atomic mass is 10.3. The fourth-order valence-electron chi connectivity index (χ4n) is 1.91. The molecule has 1 N–H and O–H groups in total. The van der Waals surface area contributed by atoms with E-state index in [2.05, 4.69) is 0 Å². The summed E-state index contributed by atoms with van der Waals surface area (Å²) in [6.45, 7) is -1.22. The number of aliphatic hydroxyl groups excluding tert-OH is 1. The maximum atomic E-state index is 13.9. The van der Waals surface area contributed by atoms with E-state index in [1.165, 1.54) is 0 Å². The van der Waals surface area contributed by atoms with Gasteiger partial charge in [-0.1, -0.05) is 0 Å². The van der Waals surface area contributed by atoms with Crippen LogP contribution in [-0.4, -0.2) is 26.7 Å². The highest BCUT2D eigenvalue weighted by Gasteiger charge is 2.27. The van der Waals surface area contributed by atoms with Crippen molar-refractivity contribution < 1.29 is 31.1 Å². The van der Waals surface area contributed by atoms with Crippen LogP contribution >= 0.6 is 0 Å². The zero-order valence-electron chi connectivity index (χ0n) is 11.5. The average Bonchev–Trinajstić information content (AvgIpc) is 2.48. The monoisotopic (exact) mass is 349 g/mol. The van der Waals surface area contributed by atoms with Crippen molar-refractivity contribution >= 4 is 15.7 Å². The number of aliphatic hydroxyl groups is 1. The molecule has 0 bridgehead atoms. The van der Waals surface area contributed by atoms with E-state index in [0.717, 1.165) is 18.2 Å². The van der Waals surface area contributed by atoms with Crippen LogP contribution < -0.4 is 4.31 Å². The molecule has 0 aliphatic carbocycles. The smallest absolute Gasteiger partial charge is 0.264 e. The van der Waals surface area contributed by atoms with Gasteiger partial charge >= 0.3 is 0 Å². The molecule has 0 atom stereocenters. The topological polar surface area (TPSA) is 57.6 Å². The predicted octanol–water partition coefficient (Wildman–Crippen LogP) is 2.43. The molecule has 0 saturated carbocycles.